The number of nitrogens with one attached hydrogen (secondary N) is 1. The highest BCUT2D eigenvalue weighted by molar-refractivity contribution is 7.13. The summed E-state index contributed by atoms with van der Waals surface area (Å²) < 4.78 is 0. The van der Waals surface area contributed by atoms with Gasteiger partial charge in [0.05, 0.1) is 11.6 Å². The summed E-state index contributed by atoms with van der Waals surface area (Å²) in [5, 5.41) is 5.36. The lowest BCUT2D eigenvalue weighted by Gasteiger charge is -2.31. The molecule has 0 aromatic carbocycles. The number of carbonyl (C=O) groups is 2. The van der Waals surface area contributed by atoms with Crippen molar-refractivity contribution in [1.82, 2.24) is 9.88 Å². The summed E-state index contributed by atoms with van der Waals surface area (Å²) in [6, 6.07) is 0. The smallest absolute Gasteiger partial charge is 0.231 e. The molecule has 0 radical (unpaired) electrons. The minimum Gasteiger partial charge on any atom is -0.342 e. The highest BCUT2D eigenvalue weighted by atomic mass is 32.1. The van der Waals surface area contributed by atoms with Gasteiger partial charge in [0, 0.05) is 25.4 Å². The Morgan fingerprint density at radius 1 is 1.56 bits per heavy atom. The molecular weight excluding hydrogens is 250 g/mol. The van der Waals surface area contributed by atoms with E-state index in [1.54, 1.807) is 11.8 Å². The Labute approximate surface area is 110 Å². The van der Waals surface area contributed by atoms with E-state index < -0.39 is 0 Å². The fourth-order valence-electron chi connectivity index (χ4n) is 2.10. The lowest BCUT2D eigenvalue weighted by Crippen LogP contribution is -2.42. The minimum absolute atomic E-state index is 0.0321. The monoisotopic (exact) mass is 267 g/mol. The number of aryl methyl sites for hydroxylation is 1. The van der Waals surface area contributed by atoms with Gasteiger partial charge in [-0.05, 0) is 19.8 Å². The molecule has 1 aliphatic rings. The first-order valence-corrected chi connectivity index (χ1v) is 6.92. The van der Waals surface area contributed by atoms with E-state index in [4.69, 9.17) is 0 Å². The largest absolute Gasteiger partial charge is 0.342 e. The van der Waals surface area contributed by atoms with Crippen LogP contribution in [0.3, 0.4) is 0 Å². The minimum atomic E-state index is -0.119. The Bertz CT molecular complexity index is 458. The summed E-state index contributed by atoms with van der Waals surface area (Å²) in [5.74, 6) is -0.111. The summed E-state index contributed by atoms with van der Waals surface area (Å²) in [5.41, 5.74) is 0.907. The predicted molar refractivity (Wildman–Crippen MR) is 70.5 cm³/mol. The van der Waals surface area contributed by atoms with Crippen molar-refractivity contribution in [1.29, 1.82) is 0 Å². The van der Waals surface area contributed by atoms with Crippen molar-refractivity contribution in [3.8, 4) is 0 Å². The van der Waals surface area contributed by atoms with E-state index in [0.29, 0.717) is 11.7 Å². The molecular formula is C12H17N3O2S. The van der Waals surface area contributed by atoms with Gasteiger partial charge in [-0.15, -0.1) is 11.3 Å². The Morgan fingerprint density at radius 2 is 2.33 bits per heavy atom. The van der Waals surface area contributed by atoms with Crippen molar-refractivity contribution in [2.24, 2.45) is 5.92 Å². The molecule has 1 unspecified atom stereocenters. The van der Waals surface area contributed by atoms with Gasteiger partial charge >= 0.3 is 0 Å². The highest BCUT2D eigenvalue weighted by Crippen LogP contribution is 2.20. The molecule has 6 heteroatoms. The van der Waals surface area contributed by atoms with Crippen LogP contribution in [0, 0.1) is 12.8 Å². The van der Waals surface area contributed by atoms with Crippen LogP contribution in [0.5, 0.6) is 0 Å². The van der Waals surface area contributed by atoms with E-state index in [1.807, 2.05) is 12.3 Å². The lowest BCUT2D eigenvalue weighted by molar-refractivity contribution is -0.132. The number of piperidine rings is 1. The zero-order valence-corrected chi connectivity index (χ0v) is 11.4. The Hall–Kier alpha value is -1.43. The lowest BCUT2D eigenvalue weighted by atomic mass is 9.97. The maximum Gasteiger partial charge on any atom is 0.231 e. The van der Waals surface area contributed by atoms with Gasteiger partial charge in [-0.2, -0.15) is 0 Å². The second-order valence-corrected chi connectivity index (χ2v) is 5.45. The molecule has 5 nitrogen and oxygen atoms in total. The molecule has 1 fully saturated rings. The molecule has 1 atom stereocenters. The first kappa shape index (κ1) is 13.0. The second-order valence-electron chi connectivity index (χ2n) is 4.59. The predicted octanol–water partition coefficient (Wildman–Crippen LogP) is 1.65. The molecule has 0 bridgehead atoms. The number of aromatic nitrogens is 1. The number of anilines is 1. The molecule has 1 saturated heterocycles. The van der Waals surface area contributed by atoms with Crippen molar-refractivity contribution < 1.29 is 9.59 Å². The molecule has 0 spiro atoms. The Morgan fingerprint density at radius 3 is 2.94 bits per heavy atom. The number of amides is 2. The molecule has 98 valence electrons. The third kappa shape index (κ3) is 3.07. The molecule has 2 rings (SSSR count). The molecule has 18 heavy (non-hydrogen) atoms. The molecule has 2 heterocycles. The van der Waals surface area contributed by atoms with Crippen LogP contribution < -0.4 is 5.32 Å². The van der Waals surface area contributed by atoms with Crippen LogP contribution in [0.4, 0.5) is 5.13 Å². The molecule has 1 aromatic rings. The van der Waals surface area contributed by atoms with Crippen LogP contribution in [-0.2, 0) is 9.59 Å². The van der Waals surface area contributed by atoms with Crippen molar-refractivity contribution in [2.45, 2.75) is 26.7 Å². The quantitative estimate of drug-likeness (QED) is 0.886. The van der Waals surface area contributed by atoms with E-state index in [1.165, 1.54) is 11.3 Å². The number of likely N-dealkylation sites (tertiary alicyclic amines) is 1. The van der Waals surface area contributed by atoms with Crippen LogP contribution in [0.15, 0.2) is 5.38 Å². The van der Waals surface area contributed by atoms with Crippen molar-refractivity contribution in [3.05, 3.63) is 11.1 Å². The fraction of sp³-hybridized carbons (Fsp3) is 0.583. The third-order valence-electron chi connectivity index (χ3n) is 3.09. The summed E-state index contributed by atoms with van der Waals surface area (Å²) >= 11 is 1.43. The SMILES string of the molecule is CC(=O)N1CCCC(C(=O)Nc2nc(C)cs2)C1. The normalized spacial score (nSPS) is 19.7. The average molecular weight is 267 g/mol. The van der Waals surface area contributed by atoms with E-state index in [-0.39, 0.29) is 17.7 Å². The molecule has 1 N–H and O–H groups in total. The van der Waals surface area contributed by atoms with Gasteiger partial charge in [-0.3, -0.25) is 9.59 Å². The van der Waals surface area contributed by atoms with Crippen LogP contribution in [0.25, 0.3) is 0 Å². The number of nitrogens with zero attached hydrogens (tertiary/aromatic N) is 2. The maximum absolute atomic E-state index is 12.1. The van der Waals surface area contributed by atoms with Crippen LogP contribution in [-0.4, -0.2) is 34.8 Å². The standard InChI is InChI=1S/C12H17N3O2S/c1-8-7-18-12(13-8)14-11(17)10-4-3-5-15(6-10)9(2)16/h7,10H,3-6H2,1-2H3,(H,13,14,17). The summed E-state index contributed by atoms with van der Waals surface area (Å²) in [6.45, 7) is 4.72. The molecule has 0 saturated carbocycles. The Kier molecular flexibility index (Phi) is 3.96. The van der Waals surface area contributed by atoms with E-state index >= 15 is 0 Å². The first-order valence-electron chi connectivity index (χ1n) is 6.05. The maximum atomic E-state index is 12.1. The topological polar surface area (TPSA) is 62.3 Å². The highest BCUT2D eigenvalue weighted by Gasteiger charge is 2.27. The van der Waals surface area contributed by atoms with Gasteiger partial charge in [0.25, 0.3) is 0 Å². The van der Waals surface area contributed by atoms with Crippen molar-refractivity contribution in [3.63, 3.8) is 0 Å². The van der Waals surface area contributed by atoms with Gasteiger partial charge in [0.2, 0.25) is 11.8 Å². The molecule has 2 amide bonds. The summed E-state index contributed by atoms with van der Waals surface area (Å²) in [4.78, 5) is 29.3. The second kappa shape index (κ2) is 5.48. The zero-order chi connectivity index (χ0) is 13.1. The number of rotatable bonds is 2. The fourth-order valence-corrected chi connectivity index (χ4v) is 2.79. The number of thiazole rings is 1. The zero-order valence-electron chi connectivity index (χ0n) is 10.6. The molecule has 1 aromatic heterocycles. The van der Waals surface area contributed by atoms with E-state index in [2.05, 4.69) is 10.3 Å². The average Bonchev–Trinajstić information content (AvgIpc) is 2.75. The summed E-state index contributed by atoms with van der Waals surface area (Å²) in [6.07, 6.45) is 1.72. The van der Waals surface area contributed by atoms with Crippen molar-refractivity contribution >= 4 is 28.3 Å². The van der Waals surface area contributed by atoms with Gasteiger partial charge in [-0.25, -0.2) is 4.98 Å². The van der Waals surface area contributed by atoms with Crippen molar-refractivity contribution in [2.75, 3.05) is 18.4 Å². The number of hydrogen-bond acceptors (Lipinski definition) is 4. The van der Waals surface area contributed by atoms with Gasteiger partial charge in [0.15, 0.2) is 5.13 Å². The van der Waals surface area contributed by atoms with Crippen LogP contribution in [0.2, 0.25) is 0 Å². The third-order valence-corrected chi connectivity index (χ3v) is 3.96. The van der Waals surface area contributed by atoms with Gasteiger partial charge < -0.3 is 10.2 Å². The van der Waals surface area contributed by atoms with E-state index in [0.717, 1.165) is 25.1 Å². The van der Waals surface area contributed by atoms with Crippen LogP contribution >= 0.6 is 11.3 Å². The molecule has 1 aliphatic heterocycles. The van der Waals surface area contributed by atoms with Gasteiger partial charge in [0.1, 0.15) is 0 Å². The number of hydrogen-bond donors (Lipinski definition) is 1. The number of carbonyl (C=O) groups excluding carboxylic acids is 2. The van der Waals surface area contributed by atoms with E-state index in [9.17, 15) is 9.59 Å². The molecule has 0 aliphatic carbocycles. The van der Waals surface area contributed by atoms with Crippen LogP contribution in [0.1, 0.15) is 25.5 Å². The Balaban J connectivity index is 1.94. The summed E-state index contributed by atoms with van der Waals surface area (Å²) in [7, 11) is 0. The van der Waals surface area contributed by atoms with Gasteiger partial charge in [-0.1, -0.05) is 0 Å². The first-order chi connectivity index (χ1) is 8.56.